The number of hydrogen-bond acceptors (Lipinski definition) is 5. The normalized spacial score (nSPS) is 18.1. The van der Waals surface area contributed by atoms with Crippen molar-refractivity contribution >= 4 is 22.6 Å². The molecule has 4 nitrogen and oxygen atoms in total. The van der Waals surface area contributed by atoms with Gasteiger partial charge in [0.15, 0.2) is 5.17 Å². The molecule has 10 heavy (non-hydrogen) atoms. The van der Waals surface area contributed by atoms with Crippen molar-refractivity contribution in [2.45, 2.75) is 6.42 Å². The van der Waals surface area contributed by atoms with E-state index in [1.165, 1.54) is 11.8 Å². The largest absolute Gasteiger partial charge is 0.396 e. The van der Waals surface area contributed by atoms with Crippen molar-refractivity contribution in [3.63, 3.8) is 0 Å². The molecule has 0 amide bonds. The minimum absolute atomic E-state index is 0.134. The average molecular weight is 159 g/mol. The van der Waals surface area contributed by atoms with Crippen molar-refractivity contribution in [2.75, 3.05) is 12.4 Å². The summed E-state index contributed by atoms with van der Waals surface area (Å²) in [5, 5.41) is 16.5. The first kappa shape index (κ1) is 7.56. The zero-order valence-corrected chi connectivity index (χ0v) is 6.27. The van der Waals surface area contributed by atoms with Gasteiger partial charge in [0.2, 0.25) is 0 Å². The second-order valence-corrected chi connectivity index (χ2v) is 2.86. The van der Waals surface area contributed by atoms with Crippen LogP contribution in [-0.2, 0) is 0 Å². The van der Waals surface area contributed by atoms with Gasteiger partial charge in [-0.2, -0.15) is 5.10 Å². The summed E-state index contributed by atoms with van der Waals surface area (Å²) in [6.07, 6.45) is 0.601. The maximum absolute atomic E-state index is 8.51. The Morgan fingerprint density at radius 3 is 2.90 bits per heavy atom. The van der Waals surface area contributed by atoms with Crippen molar-refractivity contribution in [1.29, 1.82) is 0 Å². The fraction of sp³-hybridized carbons (Fsp3) is 0.600. The van der Waals surface area contributed by atoms with Gasteiger partial charge in [-0.25, -0.2) is 0 Å². The number of thioether (sulfide) groups is 1. The van der Waals surface area contributed by atoms with Gasteiger partial charge < -0.3 is 10.8 Å². The first-order valence-electron chi connectivity index (χ1n) is 2.95. The number of nitrogens with two attached hydrogens (primary N) is 1. The highest BCUT2D eigenvalue weighted by molar-refractivity contribution is 8.14. The predicted molar refractivity (Wildman–Crippen MR) is 43.2 cm³/mol. The SMILES string of the molecule is NC1=NN=C(CCO)CS1. The van der Waals surface area contributed by atoms with Crippen molar-refractivity contribution in [2.24, 2.45) is 15.9 Å². The molecule has 3 N–H and O–H groups in total. The van der Waals surface area contributed by atoms with Crippen LogP contribution in [-0.4, -0.2) is 28.3 Å². The average Bonchev–Trinajstić information content (AvgIpc) is 1.95. The summed E-state index contributed by atoms with van der Waals surface area (Å²) in [5.41, 5.74) is 6.24. The molecule has 0 saturated carbocycles. The van der Waals surface area contributed by atoms with Gasteiger partial charge in [0.25, 0.3) is 0 Å². The van der Waals surface area contributed by atoms with Gasteiger partial charge in [0.05, 0.1) is 5.71 Å². The highest BCUT2D eigenvalue weighted by atomic mass is 32.2. The maximum atomic E-state index is 8.51. The molecule has 0 aromatic carbocycles. The highest BCUT2D eigenvalue weighted by Crippen LogP contribution is 2.08. The van der Waals surface area contributed by atoms with Crippen molar-refractivity contribution in [1.82, 2.24) is 0 Å². The first-order valence-corrected chi connectivity index (χ1v) is 3.94. The number of nitrogens with zero attached hydrogens (tertiary/aromatic N) is 2. The summed E-state index contributed by atoms with van der Waals surface area (Å²) in [4.78, 5) is 0. The Morgan fingerprint density at radius 1 is 1.60 bits per heavy atom. The molecule has 1 heterocycles. The standard InChI is InChI=1S/C5H9N3OS/c6-5-8-7-4(1-2-9)3-10-5/h9H,1-3H2,(H2,6,8). The van der Waals surface area contributed by atoms with Gasteiger partial charge in [-0.1, -0.05) is 11.8 Å². The number of rotatable bonds is 2. The summed E-state index contributed by atoms with van der Waals surface area (Å²) in [6.45, 7) is 0.134. The van der Waals surface area contributed by atoms with Crippen LogP contribution in [0.5, 0.6) is 0 Å². The van der Waals surface area contributed by atoms with E-state index in [-0.39, 0.29) is 6.61 Å². The molecular formula is C5H9N3OS. The summed E-state index contributed by atoms with van der Waals surface area (Å²) in [5.74, 6) is 0.760. The molecule has 0 bridgehead atoms. The zero-order chi connectivity index (χ0) is 7.40. The Bertz CT molecular complexity index is 174. The minimum atomic E-state index is 0.134. The minimum Gasteiger partial charge on any atom is -0.396 e. The summed E-state index contributed by atoms with van der Waals surface area (Å²) < 4.78 is 0. The van der Waals surface area contributed by atoms with Crippen LogP contribution < -0.4 is 5.73 Å². The highest BCUT2D eigenvalue weighted by Gasteiger charge is 2.05. The molecule has 56 valence electrons. The molecule has 0 aliphatic carbocycles. The number of hydrogen-bond donors (Lipinski definition) is 2. The van der Waals surface area contributed by atoms with Crippen molar-refractivity contribution in [3.8, 4) is 0 Å². The third kappa shape index (κ3) is 2.00. The number of aliphatic hydroxyl groups is 1. The van der Waals surface area contributed by atoms with Crippen LogP contribution in [0.15, 0.2) is 10.2 Å². The Hall–Kier alpha value is -0.550. The number of aliphatic hydroxyl groups excluding tert-OH is 1. The second-order valence-electron chi connectivity index (χ2n) is 1.87. The van der Waals surface area contributed by atoms with Gasteiger partial charge >= 0.3 is 0 Å². The van der Waals surface area contributed by atoms with Gasteiger partial charge in [-0.3, -0.25) is 0 Å². The first-order chi connectivity index (χ1) is 4.83. The Labute approximate surface area is 63.2 Å². The van der Waals surface area contributed by atoms with E-state index in [1.807, 2.05) is 0 Å². The Morgan fingerprint density at radius 2 is 2.40 bits per heavy atom. The predicted octanol–water partition coefficient (Wildman–Crippen LogP) is -0.214. The topological polar surface area (TPSA) is 71.0 Å². The molecule has 0 spiro atoms. The zero-order valence-electron chi connectivity index (χ0n) is 5.45. The molecule has 0 unspecified atom stereocenters. The van der Waals surface area contributed by atoms with Gasteiger partial charge in [0, 0.05) is 18.8 Å². The molecule has 1 aliphatic rings. The molecule has 1 aliphatic heterocycles. The fourth-order valence-electron chi connectivity index (χ4n) is 0.586. The molecule has 0 saturated heterocycles. The van der Waals surface area contributed by atoms with Gasteiger partial charge in [-0.05, 0) is 0 Å². The molecule has 0 atom stereocenters. The lowest BCUT2D eigenvalue weighted by molar-refractivity contribution is 0.307. The summed E-state index contributed by atoms with van der Waals surface area (Å²) in [6, 6.07) is 0. The van der Waals surface area contributed by atoms with E-state index in [0.29, 0.717) is 11.6 Å². The van der Waals surface area contributed by atoms with Crippen molar-refractivity contribution in [3.05, 3.63) is 0 Å². The lowest BCUT2D eigenvalue weighted by Crippen LogP contribution is -2.16. The van der Waals surface area contributed by atoms with E-state index in [9.17, 15) is 0 Å². The summed E-state index contributed by atoms with van der Waals surface area (Å²) >= 11 is 1.45. The van der Waals surface area contributed by atoms with Crippen LogP contribution in [0.4, 0.5) is 0 Å². The van der Waals surface area contributed by atoms with Crippen molar-refractivity contribution < 1.29 is 5.11 Å². The maximum Gasteiger partial charge on any atom is 0.180 e. The molecular weight excluding hydrogens is 150 g/mol. The van der Waals surface area contributed by atoms with E-state index in [1.54, 1.807) is 0 Å². The Balaban J connectivity index is 2.47. The lowest BCUT2D eigenvalue weighted by atomic mass is 10.3. The van der Waals surface area contributed by atoms with E-state index in [2.05, 4.69) is 10.2 Å². The van der Waals surface area contributed by atoms with E-state index >= 15 is 0 Å². The Kier molecular flexibility index (Phi) is 2.70. The quantitative estimate of drug-likeness (QED) is 0.585. The van der Waals surface area contributed by atoms with Gasteiger partial charge in [0.1, 0.15) is 0 Å². The van der Waals surface area contributed by atoms with E-state index < -0.39 is 0 Å². The molecule has 1 rings (SSSR count). The lowest BCUT2D eigenvalue weighted by Gasteiger charge is -2.06. The summed E-state index contributed by atoms with van der Waals surface area (Å²) in [7, 11) is 0. The second kappa shape index (κ2) is 3.58. The van der Waals surface area contributed by atoms with E-state index in [0.717, 1.165) is 11.5 Å². The van der Waals surface area contributed by atoms with E-state index in [4.69, 9.17) is 10.8 Å². The number of amidine groups is 1. The van der Waals surface area contributed by atoms with Gasteiger partial charge in [-0.15, -0.1) is 5.10 Å². The van der Waals surface area contributed by atoms with Crippen LogP contribution in [0.25, 0.3) is 0 Å². The van der Waals surface area contributed by atoms with Crippen LogP contribution in [0.3, 0.4) is 0 Å². The smallest absolute Gasteiger partial charge is 0.180 e. The molecule has 0 aromatic heterocycles. The molecule has 5 heteroatoms. The fourth-order valence-corrected chi connectivity index (χ4v) is 1.20. The molecule has 0 radical (unpaired) electrons. The van der Waals surface area contributed by atoms with Crippen LogP contribution in [0, 0.1) is 0 Å². The van der Waals surface area contributed by atoms with Crippen LogP contribution in [0.2, 0.25) is 0 Å². The molecule has 0 fully saturated rings. The monoisotopic (exact) mass is 159 g/mol. The third-order valence-corrected chi connectivity index (χ3v) is 1.93. The van der Waals surface area contributed by atoms with Crippen LogP contribution in [0.1, 0.15) is 6.42 Å². The molecule has 0 aromatic rings. The third-order valence-electron chi connectivity index (χ3n) is 1.08. The van der Waals surface area contributed by atoms with Crippen LogP contribution >= 0.6 is 11.8 Å².